The minimum absolute atomic E-state index is 0.00639. The van der Waals surface area contributed by atoms with Gasteiger partial charge in [0.25, 0.3) is 0 Å². The number of ether oxygens (including phenoxy) is 1. The van der Waals surface area contributed by atoms with Gasteiger partial charge in [-0.05, 0) is 61.4 Å². The normalized spacial score (nSPS) is 18.7. The van der Waals surface area contributed by atoms with E-state index in [1.54, 1.807) is 0 Å². The lowest BCUT2D eigenvalue weighted by atomic mass is 9.96. The van der Waals surface area contributed by atoms with E-state index in [-0.39, 0.29) is 11.6 Å². The van der Waals surface area contributed by atoms with Gasteiger partial charge in [0, 0.05) is 23.5 Å². The summed E-state index contributed by atoms with van der Waals surface area (Å²) in [6.07, 6.45) is 6.91. The molecule has 1 unspecified atom stereocenters. The van der Waals surface area contributed by atoms with Gasteiger partial charge in [-0.1, -0.05) is 30.3 Å². The van der Waals surface area contributed by atoms with E-state index in [2.05, 4.69) is 9.98 Å². The van der Waals surface area contributed by atoms with E-state index in [4.69, 9.17) is 4.74 Å². The molecule has 2 aliphatic rings. The van der Waals surface area contributed by atoms with Gasteiger partial charge in [-0.2, -0.15) is 0 Å². The molecule has 5 rings (SSSR count). The van der Waals surface area contributed by atoms with Crippen LogP contribution in [0.2, 0.25) is 0 Å². The van der Waals surface area contributed by atoms with Crippen LogP contribution in [0.3, 0.4) is 0 Å². The zero-order valence-corrected chi connectivity index (χ0v) is 16.5. The Kier molecular flexibility index (Phi) is 5.03. The second kappa shape index (κ2) is 7.98. The Labute approximate surface area is 174 Å². The van der Waals surface area contributed by atoms with Crippen LogP contribution < -0.4 is 4.74 Å². The Balaban J connectivity index is 1.31. The average Bonchev–Trinajstić information content (AvgIpc) is 3.21. The van der Waals surface area contributed by atoms with E-state index >= 15 is 0 Å². The molecule has 0 N–H and O–H groups in total. The van der Waals surface area contributed by atoms with E-state index in [1.165, 1.54) is 24.6 Å². The van der Waals surface area contributed by atoms with Crippen molar-refractivity contribution >= 4 is 5.71 Å². The van der Waals surface area contributed by atoms with Crippen LogP contribution in [0.5, 0.6) is 5.88 Å². The van der Waals surface area contributed by atoms with Gasteiger partial charge in [-0.3, -0.25) is 4.99 Å². The first-order valence-corrected chi connectivity index (χ1v) is 10.4. The molecule has 1 fully saturated rings. The monoisotopic (exact) mass is 404 g/mol. The zero-order chi connectivity index (χ0) is 20.5. The van der Waals surface area contributed by atoms with Crippen molar-refractivity contribution in [1.82, 2.24) is 4.98 Å². The lowest BCUT2D eigenvalue weighted by molar-refractivity contribution is 0.114. The van der Waals surface area contributed by atoms with E-state index in [0.717, 1.165) is 36.0 Å². The Bertz CT molecular complexity index is 1050. The molecule has 1 aromatic heterocycles. The summed E-state index contributed by atoms with van der Waals surface area (Å²) in [7, 11) is 0. The summed E-state index contributed by atoms with van der Waals surface area (Å²) >= 11 is 0. The summed E-state index contributed by atoms with van der Waals surface area (Å²) in [5.41, 5.74) is 3.64. The lowest BCUT2D eigenvalue weighted by Gasteiger charge is -2.25. The first kappa shape index (κ1) is 18.9. The average molecular weight is 404 g/mol. The van der Waals surface area contributed by atoms with Crippen molar-refractivity contribution in [2.75, 3.05) is 0 Å². The summed E-state index contributed by atoms with van der Waals surface area (Å²) in [6, 6.07) is 15.9. The molecule has 3 aromatic rings. The molecule has 5 heteroatoms. The number of hydrogen-bond acceptors (Lipinski definition) is 3. The second-order valence-corrected chi connectivity index (χ2v) is 7.90. The van der Waals surface area contributed by atoms with Gasteiger partial charge < -0.3 is 4.74 Å². The molecule has 0 spiro atoms. The number of benzene rings is 2. The predicted molar refractivity (Wildman–Crippen MR) is 113 cm³/mol. The summed E-state index contributed by atoms with van der Waals surface area (Å²) in [5, 5.41) is 0. The Morgan fingerprint density at radius 1 is 0.833 bits per heavy atom. The van der Waals surface area contributed by atoms with Crippen LogP contribution in [0.15, 0.2) is 65.8 Å². The standard InChI is InChI=1S/C25H22F2N2O/c26-20-5-2-6-21(27)25(20)23-13-12-22(29-23)17-9-7-16(8-10-17)18-11-14-24(28-15-18)30-19-3-1-4-19/h2,5-11,14-15,19,22H,1,3-4,12-13H2. The van der Waals surface area contributed by atoms with E-state index in [0.29, 0.717) is 24.1 Å². The third kappa shape index (κ3) is 3.72. The minimum atomic E-state index is -0.554. The van der Waals surface area contributed by atoms with Crippen LogP contribution in [0.25, 0.3) is 11.1 Å². The summed E-state index contributed by atoms with van der Waals surface area (Å²) in [5.74, 6) is -0.433. The SMILES string of the molecule is Fc1cccc(F)c1C1=NC(c2ccc(-c3ccc(OC4CCC4)nc3)cc2)CC1. The van der Waals surface area contributed by atoms with Crippen LogP contribution in [0, 0.1) is 11.6 Å². The smallest absolute Gasteiger partial charge is 0.213 e. The van der Waals surface area contributed by atoms with Crippen molar-refractivity contribution in [3.05, 3.63) is 83.6 Å². The third-order valence-electron chi connectivity index (χ3n) is 5.92. The van der Waals surface area contributed by atoms with E-state index in [1.807, 2.05) is 42.6 Å². The number of aromatic nitrogens is 1. The second-order valence-electron chi connectivity index (χ2n) is 7.90. The predicted octanol–water partition coefficient (Wildman–Crippen LogP) is 6.28. The topological polar surface area (TPSA) is 34.5 Å². The highest BCUT2D eigenvalue weighted by Gasteiger charge is 2.24. The van der Waals surface area contributed by atoms with E-state index < -0.39 is 11.6 Å². The maximum absolute atomic E-state index is 14.1. The van der Waals surface area contributed by atoms with Crippen molar-refractivity contribution in [3.63, 3.8) is 0 Å². The number of hydrogen-bond donors (Lipinski definition) is 0. The van der Waals surface area contributed by atoms with Gasteiger partial charge in [0.2, 0.25) is 5.88 Å². The number of nitrogens with zero attached hydrogens (tertiary/aromatic N) is 2. The highest BCUT2D eigenvalue weighted by molar-refractivity contribution is 6.02. The maximum atomic E-state index is 14.1. The van der Waals surface area contributed by atoms with Gasteiger partial charge in [-0.15, -0.1) is 0 Å². The fourth-order valence-electron chi connectivity index (χ4n) is 3.97. The molecular formula is C25H22F2N2O. The molecule has 152 valence electrons. The molecule has 2 heterocycles. The molecule has 1 saturated carbocycles. The van der Waals surface area contributed by atoms with Crippen molar-refractivity contribution in [2.24, 2.45) is 4.99 Å². The highest BCUT2D eigenvalue weighted by atomic mass is 19.1. The molecule has 0 bridgehead atoms. The van der Waals surface area contributed by atoms with Gasteiger partial charge >= 0.3 is 0 Å². The molecule has 2 aromatic carbocycles. The molecule has 30 heavy (non-hydrogen) atoms. The van der Waals surface area contributed by atoms with Crippen molar-refractivity contribution in [3.8, 4) is 17.0 Å². The highest BCUT2D eigenvalue weighted by Crippen LogP contribution is 2.33. The van der Waals surface area contributed by atoms with Crippen LogP contribution in [0.1, 0.15) is 49.3 Å². The molecule has 3 nitrogen and oxygen atoms in total. The van der Waals surface area contributed by atoms with Gasteiger partial charge in [0.15, 0.2) is 0 Å². The quantitative estimate of drug-likeness (QED) is 0.501. The van der Waals surface area contributed by atoms with Crippen LogP contribution in [-0.4, -0.2) is 16.8 Å². The Morgan fingerprint density at radius 3 is 2.20 bits per heavy atom. The number of rotatable bonds is 5. The summed E-state index contributed by atoms with van der Waals surface area (Å²) < 4.78 is 33.9. The number of pyridine rings is 1. The molecular weight excluding hydrogens is 382 g/mol. The Hall–Kier alpha value is -3.08. The molecule has 1 aliphatic carbocycles. The molecule has 1 aliphatic heterocycles. The molecule has 0 radical (unpaired) electrons. The molecule has 0 saturated heterocycles. The van der Waals surface area contributed by atoms with Crippen molar-refractivity contribution < 1.29 is 13.5 Å². The summed E-state index contributed by atoms with van der Waals surface area (Å²) in [4.78, 5) is 9.03. The third-order valence-corrected chi connectivity index (χ3v) is 5.92. The Morgan fingerprint density at radius 2 is 1.57 bits per heavy atom. The number of aliphatic imine (C=N–C) groups is 1. The van der Waals surface area contributed by atoms with Gasteiger partial charge in [-0.25, -0.2) is 13.8 Å². The zero-order valence-electron chi connectivity index (χ0n) is 16.5. The largest absolute Gasteiger partial charge is 0.474 e. The fraction of sp³-hybridized carbons (Fsp3) is 0.280. The lowest BCUT2D eigenvalue weighted by Crippen LogP contribution is -2.24. The first-order valence-electron chi connectivity index (χ1n) is 10.4. The van der Waals surface area contributed by atoms with Gasteiger partial charge in [0.05, 0.1) is 11.6 Å². The van der Waals surface area contributed by atoms with Crippen LogP contribution >= 0.6 is 0 Å². The fourth-order valence-corrected chi connectivity index (χ4v) is 3.97. The number of halogens is 2. The first-order chi connectivity index (χ1) is 14.7. The van der Waals surface area contributed by atoms with Crippen molar-refractivity contribution in [2.45, 2.75) is 44.2 Å². The molecule has 1 atom stereocenters. The maximum Gasteiger partial charge on any atom is 0.213 e. The van der Waals surface area contributed by atoms with E-state index in [9.17, 15) is 8.78 Å². The van der Waals surface area contributed by atoms with Crippen LogP contribution in [-0.2, 0) is 0 Å². The van der Waals surface area contributed by atoms with Gasteiger partial charge in [0.1, 0.15) is 17.7 Å². The molecule has 0 amide bonds. The summed E-state index contributed by atoms with van der Waals surface area (Å²) in [6.45, 7) is 0. The minimum Gasteiger partial charge on any atom is -0.474 e. The van der Waals surface area contributed by atoms with Crippen LogP contribution in [0.4, 0.5) is 8.78 Å². The van der Waals surface area contributed by atoms with Crippen molar-refractivity contribution in [1.29, 1.82) is 0 Å².